The predicted molar refractivity (Wildman–Crippen MR) is 58.4 cm³/mol. The Bertz CT molecular complexity index is 331. The van der Waals surface area contributed by atoms with Crippen LogP contribution in [0.25, 0.3) is 0 Å². The minimum Gasteiger partial charge on any atom is -0.352 e. The van der Waals surface area contributed by atoms with E-state index >= 15 is 0 Å². The number of amides is 1. The van der Waals surface area contributed by atoms with E-state index in [4.69, 9.17) is 0 Å². The van der Waals surface area contributed by atoms with Crippen molar-refractivity contribution < 1.29 is 4.79 Å². The highest BCUT2D eigenvalue weighted by Gasteiger charge is 1.99. The van der Waals surface area contributed by atoms with E-state index in [1.54, 1.807) is 17.4 Å². The van der Waals surface area contributed by atoms with Gasteiger partial charge in [-0.2, -0.15) is 0 Å². The maximum atomic E-state index is 11.0. The van der Waals surface area contributed by atoms with Crippen LogP contribution in [0.1, 0.15) is 17.6 Å². The molecular formula is C10H14N2OS. The molecule has 3 nitrogen and oxygen atoms in total. The first-order chi connectivity index (χ1) is 6.72. The molecule has 1 amide bonds. The highest BCUT2D eigenvalue weighted by Crippen LogP contribution is 2.08. The molecule has 0 fully saturated rings. The lowest BCUT2D eigenvalue weighted by Gasteiger charge is -1.98. The Morgan fingerprint density at radius 2 is 2.50 bits per heavy atom. The van der Waals surface area contributed by atoms with Gasteiger partial charge in [0, 0.05) is 24.0 Å². The van der Waals surface area contributed by atoms with Crippen molar-refractivity contribution >= 4 is 17.2 Å². The van der Waals surface area contributed by atoms with E-state index in [0.29, 0.717) is 6.54 Å². The van der Waals surface area contributed by atoms with Gasteiger partial charge in [-0.05, 0) is 19.9 Å². The summed E-state index contributed by atoms with van der Waals surface area (Å²) in [6, 6.07) is 0. The molecule has 4 heteroatoms. The average Bonchev–Trinajstić information content (AvgIpc) is 2.52. The molecule has 1 heterocycles. The first-order valence-electron chi connectivity index (χ1n) is 4.54. The number of aromatic nitrogens is 1. The molecule has 0 aromatic carbocycles. The molecule has 1 rings (SSSR count). The van der Waals surface area contributed by atoms with Crippen LogP contribution >= 0.6 is 11.3 Å². The second kappa shape index (κ2) is 5.54. The summed E-state index contributed by atoms with van der Waals surface area (Å²) < 4.78 is 0. The van der Waals surface area contributed by atoms with Gasteiger partial charge in [-0.1, -0.05) is 6.08 Å². The van der Waals surface area contributed by atoms with E-state index < -0.39 is 0 Å². The van der Waals surface area contributed by atoms with Gasteiger partial charge in [0.2, 0.25) is 5.91 Å². The summed E-state index contributed by atoms with van der Waals surface area (Å²) in [6.07, 6.45) is 4.05. The number of carbonyl (C=O) groups excluding carboxylic acids is 1. The normalized spacial score (nSPS) is 10.7. The lowest BCUT2D eigenvalue weighted by atomic mass is 10.4. The molecule has 14 heavy (non-hydrogen) atoms. The van der Waals surface area contributed by atoms with Gasteiger partial charge >= 0.3 is 0 Å². The van der Waals surface area contributed by atoms with Gasteiger partial charge in [0.15, 0.2) is 0 Å². The Morgan fingerprint density at radius 3 is 3.07 bits per heavy atom. The first kappa shape index (κ1) is 10.9. The van der Waals surface area contributed by atoms with Crippen molar-refractivity contribution in [3.05, 3.63) is 28.2 Å². The van der Waals surface area contributed by atoms with E-state index in [1.165, 1.54) is 6.08 Å². The zero-order valence-electron chi connectivity index (χ0n) is 8.41. The Balaban J connectivity index is 2.25. The third-order valence-corrected chi connectivity index (χ3v) is 2.65. The van der Waals surface area contributed by atoms with Crippen molar-refractivity contribution in [1.29, 1.82) is 0 Å². The minimum atomic E-state index is -0.0409. The summed E-state index contributed by atoms with van der Waals surface area (Å²) >= 11 is 1.63. The van der Waals surface area contributed by atoms with Gasteiger partial charge in [-0.25, -0.2) is 4.98 Å². The van der Waals surface area contributed by atoms with Crippen LogP contribution in [-0.4, -0.2) is 17.4 Å². The summed E-state index contributed by atoms with van der Waals surface area (Å²) in [4.78, 5) is 15.3. The van der Waals surface area contributed by atoms with Gasteiger partial charge in [0.25, 0.3) is 0 Å². The second-order valence-electron chi connectivity index (χ2n) is 2.92. The number of aryl methyl sites for hydroxylation is 1. The number of rotatable bonds is 4. The van der Waals surface area contributed by atoms with E-state index in [1.807, 2.05) is 19.2 Å². The van der Waals surface area contributed by atoms with Crippen molar-refractivity contribution in [2.24, 2.45) is 0 Å². The molecule has 0 aliphatic heterocycles. The molecule has 0 aliphatic rings. The van der Waals surface area contributed by atoms with E-state index in [9.17, 15) is 4.79 Å². The van der Waals surface area contributed by atoms with E-state index in [2.05, 4.69) is 10.3 Å². The standard InChI is InChI=1S/C10H14N2OS/c1-3-4-9(13)11-6-5-10-12-8(2)7-14-10/h3-4,7H,5-6H2,1-2H3,(H,11,13)/b4-3+. The van der Waals surface area contributed by atoms with Crippen LogP contribution in [0.3, 0.4) is 0 Å². The molecule has 0 spiro atoms. The van der Waals surface area contributed by atoms with Crippen LogP contribution < -0.4 is 5.32 Å². The number of thiazole rings is 1. The Hall–Kier alpha value is -1.16. The van der Waals surface area contributed by atoms with Crippen molar-refractivity contribution in [3.63, 3.8) is 0 Å². The van der Waals surface area contributed by atoms with E-state index in [-0.39, 0.29) is 5.91 Å². The number of hydrogen-bond acceptors (Lipinski definition) is 3. The zero-order chi connectivity index (χ0) is 10.4. The maximum Gasteiger partial charge on any atom is 0.243 e. The number of hydrogen-bond donors (Lipinski definition) is 1. The van der Waals surface area contributed by atoms with Crippen LogP contribution in [0, 0.1) is 6.92 Å². The van der Waals surface area contributed by atoms with Crippen molar-refractivity contribution in [1.82, 2.24) is 10.3 Å². The maximum absolute atomic E-state index is 11.0. The van der Waals surface area contributed by atoms with Crippen LogP contribution in [0.5, 0.6) is 0 Å². The molecule has 0 saturated carbocycles. The number of allylic oxidation sites excluding steroid dienone is 1. The van der Waals surface area contributed by atoms with Crippen LogP contribution in [-0.2, 0) is 11.2 Å². The van der Waals surface area contributed by atoms with Gasteiger partial charge < -0.3 is 5.32 Å². The van der Waals surface area contributed by atoms with Gasteiger partial charge in [-0.15, -0.1) is 11.3 Å². The average molecular weight is 210 g/mol. The highest BCUT2D eigenvalue weighted by atomic mass is 32.1. The number of nitrogens with zero attached hydrogens (tertiary/aromatic N) is 1. The fraction of sp³-hybridized carbons (Fsp3) is 0.400. The summed E-state index contributed by atoms with van der Waals surface area (Å²) in [6.45, 7) is 4.44. The van der Waals surface area contributed by atoms with Crippen molar-refractivity contribution in [2.45, 2.75) is 20.3 Å². The third-order valence-electron chi connectivity index (χ3n) is 1.62. The first-order valence-corrected chi connectivity index (χ1v) is 5.42. The largest absolute Gasteiger partial charge is 0.352 e. The molecule has 0 aliphatic carbocycles. The minimum absolute atomic E-state index is 0.0409. The summed E-state index contributed by atoms with van der Waals surface area (Å²) in [5.41, 5.74) is 1.05. The summed E-state index contributed by atoms with van der Waals surface area (Å²) in [7, 11) is 0. The topological polar surface area (TPSA) is 42.0 Å². The van der Waals surface area contributed by atoms with Gasteiger partial charge in [-0.3, -0.25) is 4.79 Å². The predicted octanol–water partition coefficient (Wildman–Crippen LogP) is 1.69. The van der Waals surface area contributed by atoms with Crippen LogP contribution in [0.15, 0.2) is 17.5 Å². The number of carbonyl (C=O) groups is 1. The molecule has 1 aromatic rings. The molecule has 0 atom stereocenters. The molecule has 0 saturated heterocycles. The third kappa shape index (κ3) is 3.70. The molecule has 0 unspecified atom stereocenters. The quantitative estimate of drug-likeness (QED) is 0.768. The zero-order valence-corrected chi connectivity index (χ0v) is 9.23. The fourth-order valence-corrected chi connectivity index (χ4v) is 1.80. The van der Waals surface area contributed by atoms with E-state index in [0.717, 1.165) is 17.1 Å². The molecule has 1 N–H and O–H groups in total. The lowest BCUT2D eigenvalue weighted by molar-refractivity contribution is -0.116. The highest BCUT2D eigenvalue weighted by molar-refractivity contribution is 7.09. The molecular weight excluding hydrogens is 196 g/mol. The van der Waals surface area contributed by atoms with Crippen molar-refractivity contribution in [2.75, 3.05) is 6.54 Å². The fourth-order valence-electron chi connectivity index (χ4n) is 1.02. The smallest absolute Gasteiger partial charge is 0.243 e. The Morgan fingerprint density at radius 1 is 1.71 bits per heavy atom. The molecule has 1 aromatic heterocycles. The lowest BCUT2D eigenvalue weighted by Crippen LogP contribution is -2.23. The summed E-state index contributed by atoms with van der Waals surface area (Å²) in [5, 5.41) is 5.87. The second-order valence-corrected chi connectivity index (χ2v) is 3.87. The molecule has 0 bridgehead atoms. The van der Waals surface area contributed by atoms with Crippen LogP contribution in [0.4, 0.5) is 0 Å². The summed E-state index contributed by atoms with van der Waals surface area (Å²) in [5.74, 6) is -0.0409. The van der Waals surface area contributed by atoms with Crippen LogP contribution in [0.2, 0.25) is 0 Å². The molecule has 76 valence electrons. The Kier molecular flexibility index (Phi) is 4.32. The monoisotopic (exact) mass is 210 g/mol. The van der Waals surface area contributed by atoms with Gasteiger partial charge in [0.1, 0.15) is 0 Å². The SMILES string of the molecule is C/C=C/C(=O)NCCc1nc(C)cs1. The molecule has 0 radical (unpaired) electrons. The Labute approximate surface area is 87.9 Å². The van der Waals surface area contributed by atoms with Gasteiger partial charge in [0.05, 0.1) is 5.01 Å². The number of nitrogens with one attached hydrogen (secondary N) is 1. The van der Waals surface area contributed by atoms with Crippen molar-refractivity contribution in [3.8, 4) is 0 Å².